The first kappa shape index (κ1) is 15.3. The molecule has 2 aromatic rings. The van der Waals surface area contributed by atoms with Crippen molar-refractivity contribution in [3.05, 3.63) is 47.7 Å². The van der Waals surface area contributed by atoms with Gasteiger partial charge in [0.25, 0.3) is 0 Å². The Morgan fingerprint density at radius 2 is 2.10 bits per heavy atom. The van der Waals surface area contributed by atoms with E-state index < -0.39 is 0 Å². The van der Waals surface area contributed by atoms with E-state index in [0.717, 1.165) is 17.7 Å². The van der Waals surface area contributed by atoms with Crippen molar-refractivity contribution in [3.63, 3.8) is 0 Å². The average Bonchev–Trinajstić information content (AvgIpc) is 3.23. The second-order valence-electron chi connectivity index (χ2n) is 5.04. The summed E-state index contributed by atoms with van der Waals surface area (Å²) in [5.74, 6) is 1.12. The molecule has 0 bridgehead atoms. The molecule has 0 unspecified atom stereocenters. The van der Waals surface area contributed by atoms with Gasteiger partial charge >= 0.3 is 0 Å². The summed E-state index contributed by atoms with van der Waals surface area (Å²) in [5, 5.41) is 9.04. The molecule has 2 N–H and O–H groups in total. The number of halogens is 1. The zero-order valence-electron chi connectivity index (χ0n) is 11.6. The fourth-order valence-electron chi connectivity index (χ4n) is 2.32. The Bertz CT molecular complexity index is 679. The maximum Gasteiger partial charge on any atom is 0.120 e. The van der Waals surface area contributed by atoms with Crippen LogP contribution in [0.4, 0.5) is 0 Å². The van der Waals surface area contributed by atoms with Crippen molar-refractivity contribution in [1.29, 1.82) is 5.26 Å². The highest BCUT2D eigenvalue weighted by Crippen LogP contribution is 2.39. The van der Waals surface area contributed by atoms with Crippen LogP contribution in [0.1, 0.15) is 23.5 Å². The molecular weight excluding hydrogens is 286 g/mol. The summed E-state index contributed by atoms with van der Waals surface area (Å²) >= 11 is 0. The monoisotopic (exact) mass is 301 g/mol. The molecule has 0 amide bonds. The molecule has 0 spiro atoms. The molecule has 21 heavy (non-hydrogen) atoms. The summed E-state index contributed by atoms with van der Waals surface area (Å²) in [6.07, 6.45) is 2.91. The quantitative estimate of drug-likeness (QED) is 0.946. The van der Waals surface area contributed by atoms with Crippen molar-refractivity contribution < 1.29 is 4.74 Å². The summed E-state index contributed by atoms with van der Waals surface area (Å²) in [4.78, 5) is 4.47. The van der Waals surface area contributed by atoms with Gasteiger partial charge in [0.2, 0.25) is 0 Å². The van der Waals surface area contributed by atoms with E-state index in [1.165, 1.54) is 5.56 Å². The standard InChI is InChI=1S/C16H15N3O.ClH/c1-20-13-5-10(8-17)4-12(6-13)16-3-2-11(9-19-16)14-7-15(14)18;/h2-6,9,14-15H,7,18H2,1H3;1H/t14-,15+;/m0./s1. The average molecular weight is 302 g/mol. The first-order chi connectivity index (χ1) is 9.71. The van der Waals surface area contributed by atoms with E-state index in [1.807, 2.05) is 24.4 Å². The van der Waals surface area contributed by atoms with Crippen LogP contribution in [0.5, 0.6) is 5.75 Å². The Hall–Kier alpha value is -2.09. The van der Waals surface area contributed by atoms with Crippen LogP contribution in [0.15, 0.2) is 36.5 Å². The van der Waals surface area contributed by atoms with Gasteiger partial charge in [0.1, 0.15) is 5.75 Å². The molecule has 1 saturated carbocycles. The Balaban J connectivity index is 0.00000161. The Kier molecular flexibility index (Phi) is 4.46. The highest BCUT2D eigenvalue weighted by molar-refractivity contribution is 5.85. The third-order valence-electron chi connectivity index (χ3n) is 3.62. The number of nitriles is 1. The second-order valence-corrected chi connectivity index (χ2v) is 5.04. The van der Waals surface area contributed by atoms with Crippen molar-refractivity contribution in [1.82, 2.24) is 4.98 Å². The van der Waals surface area contributed by atoms with Crippen molar-refractivity contribution in [3.8, 4) is 23.1 Å². The molecule has 1 aliphatic rings. The van der Waals surface area contributed by atoms with Gasteiger partial charge in [0.05, 0.1) is 24.4 Å². The fraction of sp³-hybridized carbons (Fsp3) is 0.250. The maximum atomic E-state index is 9.04. The summed E-state index contributed by atoms with van der Waals surface area (Å²) in [5.41, 5.74) is 9.31. The number of nitrogens with zero attached hydrogens (tertiary/aromatic N) is 2. The smallest absolute Gasteiger partial charge is 0.120 e. The molecule has 1 fully saturated rings. The van der Waals surface area contributed by atoms with Gasteiger partial charge in [-0.15, -0.1) is 12.4 Å². The van der Waals surface area contributed by atoms with Gasteiger partial charge in [-0.3, -0.25) is 4.98 Å². The maximum absolute atomic E-state index is 9.04. The van der Waals surface area contributed by atoms with Crippen LogP contribution < -0.4 is 10.5 Å². The van der Waals surface area contributed by atoms with Crippen LogP contribution in [0, 0.1) is 11.3 Å². The first-order valence-corrected chi connectivity index (χ1v) is 6.52. The molecule has 1 aromatic carbocycles. The lowest BCUT2D eigenvalue weighted by Gasteiger charge is -2.06. The topological polar surface area (TPSA) is 71.9 Å². The normalized spacial score (nSPS) is 19.3. The minimum Gasteiger partial charge on any atom is -0.497 e. The Morgan fingerprint density at radius 1 is 1.33 bits per heavy atom. The van der Waals surface area contributed by atoms with Gasteiger partial charge in [-0.05, 0) is 36.2 Å². The highest BCUT2D eigenvalue weighted by Gasteiger charge is 2.34. The molecule has 0 radical (unpaired) electrons. The molecule has 108 valence electrons. The number of nitrogens with two attached hydrogens (primary N) is 1. The molecular formula is C16H16ClN3O. The summed E-state index contributed by atoms with van der Waals surface area (Å²) < 4.78 is 5.21. The van der Waals surface area contributed by atoms with Crippen molar-refractivity contribution in [2.24, 2.45) is 5.73 Å². The minimum absolute atomic E-state index is 0. The van der Waals surface area contributed by atoms with E-state index in [0.29, 0.717) is 17.2 Å². The number of aromatic nitrogens is 1. The van der Waals surface area contributed by atoms with Gasteiger partial charge in [-0.25, -0.2) is 0 Å². The van der Waals surface area contributed by atoms with Crippen LogP contribution in [-0.4, -0.2) is 18.1 Å². The minimum atomic E-state index is 0. The summed E-state index contributed by atoms with van der Waals surface area (Å²) in [7, 11) is 1.59. The number of hydrogen-bond acceptors (Lipinski definition) is 4. The SMILES string of the molecule is COc1cc(C#N)cc(-c2ccc([C@@H]3C[C@H]3N)cn2)c1.Cl. The van der Waals surface area contributed by atoms with Gasteiger partial charge < -0.3 is 10.5 Å². The van der Waals surface area contributed by atoms with E-state index in [4.69, 9.17) is 15.7 Å². The van der Waals surface area contributed by atoms with Crippen molar-refractivity contribution >= 4 is 12.4 Å². The number of hydrogen-bond donors (Lipinski definition) is 1. The van der Waals surface area contributed by atoms with Gasteiger partial charge in [-0.1, -0.05) is 6.07 Å². The zero-order valence-corrected chi connectivity index (χ0v) is 12.4. The third kappa shape index (κ3) is 3.15. The van der Waals surface area contributed by atoms with Gasteiger partial charge in [0.15, 0.2) is 0 Å². The van der Waals surface area contributed by atoms with Gasteiger partial charge in [0, 0.05) is 23.7 Å². The molecule has 0 saturated heterocycles. The lowest BCUT2D eigenvalue weighted by Crippen LogP contribution is -2.01. The van der Waals surface area contributed by atoms with Crippen LogP contribution in [0.3, 0.4) is 0 Å². The summed E-state index contributed by atoms with van der Waals surface area (Å²) in [6.45, 7) is 0. The second kappa shape index (κ2) is 6.13. The largest absolute Gasteiger partial charge is 0.497 e. The van der Waals surface area contributed by atoms with E-state index >= 15 is 0 Å². The first-order valence-electron chi connectivity index (χ1n) is 6.52. The number of rotatable bonds is 3. The predicted octanol–water partition coefficient (Wildman–Crippen LogP) is 2.87. The van der Waals surface area contributed by atoms with Crippen molar-refractivity contribution in [2.45, 2.75) is 18.4 Å². The van der Waals surface area contributed by atoms with Crippen molar-refractivity contribution in [2.75, 3.05) is 7.11 Å². The molecule has 2 atom stereocenters. The van der Waals surface area contributed by atoms with E-state index in [1.54, 1.807) is 13.2 Å². The highest BCUT2D eigenvalue weighted by atomic mass is 35.5. The van der Waals surface area contributed by atoms with Gasteiger partial charge in [-0.2, -0.15) is 5.26 Å². The fourth-order valence-corrected chi connectivity index (χ4v) is 2.32. The summed E-state index contributed by atoms with van der Waals surface area (Å²) in [6, 6.07) is 11.8. The number of ether oxygens (including phenoxy) is 1. The molecule has 3 rings (SSSR count). The Labute approximate surface area is 130 Å². The van der Waals surface area contributed by atoms with Crippen LogP contribution in [0.2, 0.25) is 0 Å². The molecule has 5 heteroatoms. The third-order valence-corrected chi connectivity index (χ3v) is 3.62. The number of methoxy groups -OCH3 is 1. The van der Waals surface area contributed by atoms with E-state index in [9.17, 15) is 0 Å². The zero-order chi connectivity index (χ0) is 14.1. The van der Waals surface area contributed by atoms with E-state index in [-0.39, 0.29) is 18.4 Å². The molecule has 1 aromatic heterocycles. The molecule has 1 aliphatic carbocycles. The van der Waals surface area contributed by atoms with Crippen LogP contribution in [-0.2, 0) is 0 Å². The lowest BCUT2D eigenvalue weighted by molar-refractivity contribution is 0.415. The predicted molar refractivity (Wildman–Crippen MR) is 83.5 cm³/mol. The molecule has 1 heterocycles. The number of benzene rings is 1. The molecule has 0 aliphatic heterocycles. The van der Waals surface area contributed by atoms with E-state index in [2.05, 4.69) is 17.1 Å². The van der Waals surface area contributed by atoms with Crippen LogP contribution >= 0.6 is 12.4 Å². The molecule has 4 nitrogen and oxygen atoms in total. The number of pyridine rings is 1. The lowest BCUT2D eigenvalue weighted by atomic mass is 10.1. The Morgan fingerprint density at radius 3 is 2.62 bits per heavy atom. The van der Waals surface area contributed by atoms with Crippen LogP contribution in [0.25, 0.3) is 11.3 Å².